The zero-order chi connectivity index (χ0) is 27.0. The molecule has 0 bridgehead atoms. The van der Waals surface area contributed by atoms with Crippen LogP contribution in [-0.2, 0) is 14.4 Å². The van der Waals surface area contributed by atoms with E-state index in [1.165, 1.54) is 19.1 Å². The Kier molecular flexibility index (Phi) is 10.1. The van der Waals surface area contributed by atoms with Gasteiger partial charge in [-0.15, -0.1) is 0 Å². The van der Waals surface area contributed by atoms with Crippen molar-refractivity contribution in [2.75, 3.05) is 32.2 Å². The lowest BCUT2D eigenvalue weighted by Gasteiger charge is -2.34. The number of benzene rings is 2. The van der Waals surface area contributed by atoms with Gasteiger partial charge < -0.3 is 29.9 Å². The second-order valence-electron chi connectivity index (χ2n) is 9.40. The number of aliphatic hydroxyl groups excluding tert-OH is 1. The normalized spacial score (nSPS) is 12.0. The van der Waals surface area contributed by atoms with Crippen molar-refractivity contribution < 1.29 is 34.1 Å². The summed E-state index contributed by atoms with van der Waals surface area (Å²) in [4.78, 5) is 37.7. The van der Waals surface area contributed by atoms with Crippen molar-refractivity contribution in [2.24, 2.45) is 5.41 Å². The molecule has 2 aromatic rings. The number of methoxy groups -OCH3 is 2. The Balaban J connectivity index is 2.57. The van der Waals surface area contributed by atoms with Crippen LogP contribution in [0.5, 0.6) is 11.5 Å². The molecule has 0 radical (unpaired) electrons. The zero-order valence-electron chi connectivity index (χ0n) is 21.1. The molecule has 0 spiro atoms. The van der Waals surface area contributed by atoms with Gasteiger partial charge in [0.2, 0.25) is 11.8 Å². The number of hydrogen-bond acceptors (Lipinski definition) is 6. The van der Waals surface area contributed by atoms with Gasteiger partial charge in [0.15, 0.2) is 0 Å². The number of amides is 2. The Morgan fingerprint density at radius 1 is 1.03 bits per heavy atom. The maximum Gasteiger partial charge on any atom is 0.322 e. The lowest BCUT2D eigenvalue weighted by Crippen LogP contribution is -2.39. The average molecular weight is 521 g/mol. The number of aliphatic carboxylic acids is 1. The van der Waals surface area contributed by atoms with Crippen LogP contribution < -0.4 is 19.7 Å². The summed E-state index contributed by atoms with van der Waals surface area (Å²) in [5, 5.41) is 22.8. The van der Waals surface area contributed by atoms with Crippen LogP contribution in [0, 0.1) is 5.41 Å². The number of nitrogens with one attached hydrogen (secondary N) is 1. The number of hydrogen-bond donors (Lipinski definition) is 3. The number of carboxylic acid groups (broad SMARTS) is 1. The maximum atomic E-state index is 13.5. The summed E-state index contributed by atoms with van der Waals surface area (Å²) in [6.45, 7) is 5.56. The molecule has 2 aromatic carbocycles. The van der Waals surface area contributed by atoms with Gasteiger partial charge in [0.25, 0.3) is 0 Å². The summed E-state index contributed by atoms with van der Waals surface area (Å²) in [7, 11) is 2.93. The molecule has 2 rings (SSSR count). The maximum absolute atomic E-state index is 13.5. The van der Waals surface area contributed by atoms with E-state index in [-0.39, 0.29) is 30.6 Å². The third-order valence-electron chi connectivity index (χ3n) is 5.22. The highest BCUT2D eigenvalue weighted by Crippen LogP contribution is 2.43. The highest BCUT2D eigenvalue weighted by Gasteiger charge is 2.31. The number of carbonyl (C=O) groups excluding carboxylic acids is 2. The van der Waals surface area contributed by atoms with Gasteiger partial charge in [-0.1, -0.05) is 50.6 Å². The Morgan fingerprint density at radius 2 is 1.67 bits per heavy atom. The third-order valence-corrected chi connectivity index (χ3v) is 5.44. The summed E-state index contributed by atoms with van der Waals surface area (Å²) in [5.41, 5.74) is 0.767. The van der Waals surface area contributed by atoms with Crippen LogP contribution in [0.2, 0.25) is 5.02 Å². The number of halogens is 1. The number of aliphatic hydroxyl groups is 1. The van der Waals surface area contributed by atoms with E-state index in [2.05, 4.69) is 5.32 Å². The Hall–Kier alpha value is -3.30. The molecular weight excluding hydrogens is 488 g/mol. The molecule has 1 atom stereocenters. The van der Waals surface area contributed by atoms with Gasteiger partial charge in [-0.25, -0.2) is 0 Å². The summed E-state index contributed by atoms with van der Waals surface area (Å²) in [5.74, 6) is -1.40. The topological polar surface area (TPSA) is 125 Å². The van der Waals surface area contributed by atoms with Gasteiger partial charge in [-0.3, -0.25) is 14.4 Å². The molecule has 0 saturated heterocycles. The molecule has 0 aliphatic heterocycles. The highest BCUT2D eigenvalue weighted by molar-refractivity contribution is 6.31. The molecular formula is C26H33ClN2O7. The van der Waals surface area contributed by atoms with Crippen LogP contribution in [0.25, 0.3) is 0 Å². The van der Waals surface area contributed by atoms with Crippen LogP contribution in [-0.4, -0.2) is 55.3 Å². The van der Waals surface area contributed by atoms with Crippen molar-refractivity contribution in [1.29, 1.82) is 0 Å². The first kappa shape index (κ1) is 28.9. The highest BCUT2D eigenvalue weighted by atomic mass is 35.5. The lowest BCUT2D eigenvalue weighted by atomic mass is 9.93. The first-order chi connectivity index (χ1) is 16.9. The molecule has 196 valence electrons. The van der Waals surface area contributed by atoms with E-state index in [9.17, 15) is 19.5 Å². The van der Waals surface area contributed by atoms with Gasteiger partial charge in [0, 0.05) is 41.6 Å². The molecule has 9 nitrogen and oxygen atoms in total. The fourth-order valence-electron chi connectivity index (χ4n) is 3.69. The van der Waals surface area contributed by atoms with E-state index in [1.54, 1.807) is 36.4 Å². The molecule has 0 saturated carbocycles. The van der Waals surface area contributed by atoms with E-state index in [0.717, 1.165) is 0 Å². The number of anilines is 1. The lowest BCUT2D eigenvalue weighted by molar-refractivity contribution is -0.138. The van der Waals surface area contributed by atoms with Gasteiger partial charge in [0.1, 0.15) is 24.1 Å². The van der Waals surface area contributed by atoms with E-state index in [4.69, 9.17) is 26.2 Å². The summed E-state index contributed by atoms with van der Waals surface area (Å²) < 4.78 is 11.0. The van der Waals surface area contributed by atoms with Crippen LogP contribution in [0.4, 0.5) is 5.69 Å². The second kappa shape index (κ2) is 12.6. The predicted molar refractivity (Wildman–Crippen MR) is 137 cm³/mol. The smallest absolute Gasteiger partial charge is 0.322 e. The standard InChI is InChI=1S/C26H33ClN2O7/c1-26(2,3)15-29(22(31)11-10-21(30)28-14-23(32)33)24-18(12-16(27)13-20(24)36-5)25(34)17-8-6-7-9-19(17)35-4/h6-9,12-13,25,34H,10-11,14-15H2,1-5H3,(H,28,30)(H,32,33)/t25-/m1/s1. The van der Waals surface area contributed by atoms with Crippen LogP contribution >= 0.6 is 11.6 Å². The van der Waals surface area contributed by atoms with Crippen molar-refractivity contribution >= 4 is 35.1 Å². The Labute approximate surface area is 216 Å². The third kappa shape index (κ3) is 7.86. The first-order valence-corrected chi connectivity index (χ1v) is 11.7. The molecule has 2 amide bonds. The Morgan fingerprint density at radius 3 is 2.25 bits per heavy atom. The number of rotatable bonds is 11. The molecule has 0 aliphatic rings. The largest absolute Gasteiger partial charge is 0.496 e. The molecule has 0 fully saturated rings. The van der Waals surface area contributed by atoms with Gasteiger partial charge in [0.05, 0.1) is 19.9 Å². The van der Waals surface area contributed by atoms with Crippen LogP contribution in [0.1, 0.15) is 50.8 Å². The molecule has 0 unspecified atom stereocenters. The number of para-hydroxylation sites is 1. The van der Waals surface area contributed by atoms with Crippen LogP contribution in [0.3, 0.4) is 0 Å². The van der Waals surface area contributed by atoms with E-state index in [0.29, 0.717) is 27.6 Å². The summed E-state index contributed by atoms with van der Waals surface area (Å²) >= 11 is 6.36. The molecule has 0 aromatic heterocycles. The van der Waals surface area contributed by atoms with Crippen molar-refractivity contribution in [3.63, 3.8) is 0 Å². The van der Waals surface area contributed by atoms with Crippen molar-refractivity contribution in [3.8, 4) is 11.5 Å². The molecule has 0 aliphatic carbocycles. The monoisotopic (exact) mass is 520 g/mol. The van der Waals surface area contributed by atoms with E-state index < -0.39 is 30.4 Å². The van der Waals surface area contributed by atoms with Crippen molar-refractivity contribution in [1.82, 2.24) is 5.32 Å². The second-order valence-corrected chi connectivity index (χ2v) is 9.84. The number of carbonyl (C=O) groups is 3. The molecule has 10 heteroatoms. The van der Waals surface area contributed by atoms with Crippen molar-refractivity contribution in [3.05, 3.63) is 52.5 Å². The molecule has 36 heavy (non-hydrogen) atoms. The minimum atomic E-state index is -1.21. The minimum absolute atomic E-state index is 0.183. The summed E-state index contributed by atoms with van der Waals surface area (Å²) in [6, 6.07) is 10.1. The van der Waals surface area contributed by atoms with E-state index in [1.807, 2.05) is 20.8 Å². The Bertz CT molecular complexity index is 1100. The average Bonchev–Trinajstić information content (AvgIpc) is 2.82. The zero-order valence-corrected chi connectivity index (χ0v) is 21.9. The van der Waals surface area contributed by atoms with Crippen molar-refractivity contribution in [2.45, 2.75) is 39.7 Å². The minimum Gasteiger partial charge on any atom is -0.496 e. The number of nitrogens with zero attached hydrogens (tertiary/aromatic N) is 1. The predicted octanol–water partition coefficient (Wildman–Crippen LogP) is 3.80. The molecule has 3 N–H and O–H groups in total. The van der Waals surface area contributed by atoms with Gasteiger partial charge >= 0.3 is 5.97 Å². The fraction of sp³-hybridized carbons (Fsp3) is 0.423. The van der Waals surface area contributed by atoms with E-state index >= 15 is 0 Å². The molecule has 0 heterocycles. The van der Waals surface area contributed by atoms with Crippen LogP contribution in [0.15, 0.2) is 36.4 Å². The summed E-state index contributed by atoms with van der Waals surface area (Å²) in [6.07, 6.45) is -1.59. The fourth-order valence-corrected chi connectivity index (χ4v) is 3.91. The SMILES string of the molecule is COc1ccccc1[C@@H](O)c1cc(Cl)cc(OC)c1N(CC(C)(C)C)C(=O)CCC(=O)NCC(=O)O. The van der Waals surface area contributed by atoms with Gasteiger partial charge in [-0.05, 0) is 17.5 Å². The number of carboxylic acids is 1. The number of ether oxygens (including phenoxy) is 2. The quantitative estimate of drug-likeness (QED) is 0.411. The first-order valence-electron chi connectivity index (χ1n) is 11.3. The van der Waals surface area contributed by atoms with Gasteiger partial charge in [-0.2, -0.15) is 0 Å².